The number of thioether (sulfide) groups is 1. The van der Waals surface area contributed by atoms with Gasteiger partial charge in [0, 0.05) is 18.8 Å². The van der Waals surface area contributed by atoms with E-state index < -0.39 is 0 Å². The lowest BCUT2D eigenvalue weighted by Gasteiger charge is -2.35. The first-order valence-corrected chi connectivity index (χ1v) is 9.21. The van der Waals surface area contributed by atoms with E-state index in [1.54, 1.807) is 11.8 Å². The zero-order valence-corrected chi connectivity index (χ0v) is 14.9. The molecule has 1 heterocycles. The van der Waals surface area contributed by atoms with Gasteiger partial charge < -0.3 is 9.64 Å². The van der Waals surface area contributed by atoms with E-state index in [0.717, 1.165) is 5.75 Å². The molecule has 122 valence electrons. The number of amides is 1. The lowest BCUT2D eigenvalue weighted by Crippen LogP contribution is -2.48. The van der Waals surface area contributed by atoms with Crippen molar-refractivity contribution in [3.05, 3.63) is 35.4 Å². The molecular weight excluding hydrogens is 294 g/mol. The highest BCUT2D eigenvalue weighted by Crippen LogP contribution is 2.19. The SMILES string of the molecule is CC1CN(C(=O)CSCc2ccc(C(C)C)cc2)CC(C)O1. The number of hydrogen-bond donors (Lipinski definition) is 0. The predicted molar refractivity (Wildman–Crippen MR) is 93.3 cm³/mol. The van der Waals surface area contributed by atoms with Crippen molar-refractivity contribution in [2.45, 2.75) is 51.6 Å². The molecule has 0 radical (unpaired) electrons. The Morgan fingerprint density at radius 3 is 2.36 bits per heavy atom. The van der Waals surface area contributed by atoms with Gasteiger partial charge >= 0.3 is 0 Å². The number of carbonyl (C=O) groups excluding carboxylic acids is 1. The normalized spacial score (nSPS) is 22.1. The molecular formula is C18H27NO2S. The van der Waals surface area contributed by atoms with Crippen LogP contribution in [0.25, 0.3) is 0 Å². The van der Waals surface area contributed by atoms with Crippen LogP contribution in [0.5, 0.6) is 0 Å². The highest BCUT2D eigenvalue weighted by Gasteiger charge is 2.25. The fraction of sp³-hybridized carbons (Fsp3) is 0.611. The summed E-state index contributed by atoms with van der Waals surface area (Å²) in [5.74, 6) is 2.23. The van der Waals surface area contributed by atoms with E-state index in [-0.39, 0.29) is 18.1 Å². The van der Waals surface area contributed by atoms with Crippen LogP contribution in [-0.4, -0.2) is 41.9 Å². The van der Waals surface area contributed by atoms with E-state index in [0.29, 0.717) is 24.8 Å². The number of hydrogen-bond acceptors (Lipinski definition) is 3. The number of benzene rings is 1. The average Bonchev–Trinajstić information content (AvgIpc) is 2.46. The summed E-state index contributed by atoms with van der Waals surface area (Å²) >= 11 is 1.69. The van der Waals surface area contributed by atoms with Gasteiger partial charge in [-0.15, -0.1) is 11.8 Å². The Labute approximate surface area is 138 Å². The lowest BCUT2D eigenvalue weighted by atomic mass is 10.0. The largest absolute Gasteiger partial charge is 0.372 e. The molecule has 1 aromatic rings. The number of rotatable bonds is 5. The van der Waals surface area contributed by atoms with Gasteiger partial charge in [0.1, 0.15) is 0 Å². The van der Waals surface area contributed by atoms with Crippen molar-refractivity contribution in [3.8, 4) is 0 Å². The Balaban J connectivity index is 1.77. The topological polar surface area (TPSA) is 29.5 Å². The number of ether oxygens (including phenoxy) is 1. The minimum Gasteiger partial charge on any atom is -0.372 e. The highest BCUT2D eigenvalue weighted by atomic mass is 32.2. The van der Waals surface area contributed by atoms with E-state index in [1.807, 2.05) is 18.7 Å². The van der Waals surface area contributed by atoms with Gasteiger partial charge in [0.25, 0.3) is 0 Å². The molecule has 1 fully saturated rings. The summed E-state index contributed by atoms with van der Waals surface area (Å²) in [7, 11) is 0. The van der Waals surface area contributed by atoms with Crippen LogP contribution in [0, 0.1) is 0 Å². The van der Waals surface area contributed by atoms with Crippen LogP contribution in [-0.2, 0) is 15.3 Å². The molecule has 1 saturated heterocycles. The van der Waals surface area contributed by atoms with Gasteiger partial charge in [-0.25, -0.2) is 0 Å². The van der Waals surface area contributed by atoms with Crippen LogP contribution < -0.4 is 0 Å². The summed E-state index contributed by atoms with van der Waals surface area (Å²) in [4.78, 5) is 14.2. The van der Waals surface area contributed by atoms with Gasteiger partial charge in [0.2, 0.25) is 5.91 Å². The molecule has 3 nitrogen and oxygen atoms in total. The second-order valence-corrected chi connectivity index (χ2v) is 7.43. The molecule has 22 heavy (non-hydrogen) atoms. The van der Waals surface area contributed by atoms with Crippen molar-refractivity contribution in [3.63, 3.8) is 0 Å². The Kier molecular flexibility index (Phi) is 6.33. The molecule has 0 N–H and O–H groups in total. The quantitative estimate of drug-likeness (QED) is 0.828. The standard InChI is InChI=1S/C18H27NO2S/c1-13(2)17-7-5-16(6-8-17)11-22-12-18(20)19-9-14(3)21-15(4)10-19/h5-8,13-15H,9-12H2,1-4H3. The summed E-state index contributed by atoms with van der Waals surface area (Å²) in [6.45, 7) is 9.89. The maximum Gasteiger partial charge on any atom is 0.232 e. The lowest BCUT2D eigenvalue weighted by molar-refractivity contribution is -0.140. The van der Waals surface area contributed by atoms with Gasteiger partial charge in [0.15, 0.2) is 0 Å². The van der Waals surface area contributed by atoms with Crippen LogP contribution in [0.3, 0.4) is 0 Å². The van der Waals surface area contributed by atoms with Gasteiger partial charge in [-0.05, 0) is 30.9 Å². The van der Waals surface area contributed by atoms with Crippen LogP contribution in [0.1, 0.15) is 44.7 Å². The Morgan fingerprint density at radius 2 is 1.82 bits per heavy atom. The van der Waals surface area contributed by atoms with E-state index in [2.05, 4.69) is 38.1 Å². The van der Waals surface area contributed by atoms with Crippen LogP contribution in [0.15, 0.2) is 24.3 Å². The van der Waals surface area contributed by atoms with E-state index in [1.165, 1.54) is 11.1 Å². The Bertz CT molecular complexity index is 476. The first kappa shape index (κ1) is 17.4. The van der Waals surface area contributed by atoms with Crippen molar-refractivity contribution in [2.75, 3.05) is 18.8 Å². The summed E-state index contributed by atoms with van der Waals surface area (Å²) < 4.78 is 5.67. The minimum absolute atomic E-state index is 0.140. The second kappa shape index (κ2) is 8.02. The molecule has 0 aliphatic carbocycles. The maximum absolute atomic E-state index is 12.3. The Hall–Kier alpha value is -1.00. The third-order valence-electron chi connectivity index (χ3n) is 3.91. The molecule has 1 aliphatic rings. The summed E-state index contributed by atoms with van der Waals surface area (Å²) in [6.07, 6.45) is 0.280. The number of carbonyl (C=O) groups is 1. The second-order valence-electron chi connectivity index (χ2n) is 6.45. The third-order valence-corrected chi connectivity index (χ3v) is 4.90. The summed E-state index contributed by atoms with van der Waals surface area (Å²) in [5.41, 5.74) is 2.65. The van der Waals surface area contributed by atoms with Gasteiger partial charge in [-0.2, -0.15) is 0 Å². The van der Waals surface area contributed by atoms with E-state index >= 15 is 0 Å². The smallest absolute Gasteiger partial charge is 0.232 e. The van der Waals surface area contributed by atoms with Gasteiger partial charge in [-0.3, -0.25) is 4.79 Å². The third kappa shape index (κ3) is 5.03. The Morgan fingerprint density at radius 1 is 1.23 bits per heavy atom. The molecule has 1 aromatic carbocycles. The average molecular weight is 321 g/mol. The zero-order valence-electron chi connectivity index (χ0n) is 14.0. The molecule has 2 rings (SSSR count). The van der Waals surface area contributed by atoms with Gasteiger partial charge in [0.05, 0.1) is 18.0 Å². The van der Waals surface area contributed by atoms with Crippen LogP contribution in [0.4, 0.5) is 0 Å². The van der Waals surface area contributed by atoms with Crippen LogP contribution >= 0.6 is 11.8 Å². The first-order chi connectivity index (χ1) is 10.5. The van der Waals surface area contributed by atoms with E-state index in [4.69, 9.17) is 4.74 Å². The number of morpholine rings is 1. The zero-order chi connectivity index (χ0) is 16.1. The molecule has 1 aliphatic heterocycles. The minimum atomic E-state index is 0.140. The van der Waals surface area contributed by atoms with Crippen molar-refractivity contribution in [1.82, 2.24) is 4.90 Å². The monoisotopic (exact) mass is 321 g/mol. The molecule has 0 spiro atoms. The molecule has 0 aromatic heterocycles. The molecule has 0 bridgehead atoms. The number of nitrogens with zero attached hydrogens (tertiary/aromatic N) is 1. The predicted octanol–water partition coefficient (Wildman–Crippen LogP) is 3.68. The highest BCUT2D eigenvalue weighted by molar-refractivity contribution is 7.99. The summed E-state index contributed by atoms with van der Waals surface area (Å²) in [6, 6.07) is 8.72. The molecule has 1 amide bonds. The molecule has 2 atom stereocenters. The maximum atomic E-state index is 12.3. The molecule has 4 heteroatoms. The first-order valence-electron chi connectivity index (χ1n) is 8.05. The fourth-order valence-corrected chi connectivity index (χ4v) is 3.62. The van der Waals surface area contributed by atoms with Gasteiger partial charge in [-0.1, -0.05) is 38.1 Å². The molecule has 2 unspecified atom stereocenters. The molecule has 0 saturated carbocycles. The van der Waals surface area contributed by atoms with Crippen LogP contribution in [0.2, 0.25) is 0 Å². The van der Waals surface area contributed by atoms with Crippen molar-refractivity contribution >= 4 is 17.7 Å². The van der Waals surface area contributed by atoms with Crippen molar-refractivity contribution < 1.29 is 9.53 Å². The van der Waals surface area contributed by atoms with E-state index in [9.17, 15) is 4.79 Å². The van der Waals surface area contributed by atoms with Crippen molar-refractivity contribution in [1.29, 1.82) is 0 Å². The summed E-state index contributed by atoms with van der Waals surface area (Å²) in [5, 5.41) is 0. The van der Waals surface area contributed by atoms with Crippen molar-refractivity contribution in [2.24, 2.45) is 0 Å². The fourth-order valence-electron chi connectivity index (χ4n) is 2.73.